The van der Waals surface area contributed by atoms with Gasteiger partial charge in [-0.2, -0.15) is 5.10 Å². The minimum atomic E-state index is 0.168. The summed E-state index contributed by atoms with van der Waals surface area (Å²) in [4.78, 5) is 7.02. The average Bonchev–Trinajstić information content (AvgIpc) is 2.84. The molecule has 2 heterocycles. The molecule has 1 aromatic heterocycles. The van der Waals surface area contributed by atoms with E-state index in [9.17, 15) is 0 Å². The SMILES string of the molecule is CCC(C)C1CNC(C)(C)CN1Cc1ncnn1CC. The van der Waals surface area contributed by atoms with Crippen molar-refractivity contribution in [2.75, 3.05) is 13.1 Å². The molecular formula is C15H29N5. The zero-order valence-corrected chi connectivity index (χ0v) is 13.6. The second kappa shape index (κ2) is 6.22. The van der Waals surface area contributed by atoms with Gasteiger partial charge in [0, 0.05) is 31.2 Å². The standard InChI is InChI=1S/C15H29N5/c1-6-12(3)13-8-17-15(4,5)10-19(13)9-14-16-11-18-20(14)7-2/h11-13,17H,6-10H2,1-5H3. The third-order valence-electron chi connectivity index (χ3n) is 4.50. The lowest BCUT2D eigenvalue weighted by Gasteiger charge is -2.46. The van der Waals surface area contributed by atoms with Crippen LogP contribution >= 0.6 is 0 Å². The molecule has 1 fully saturated rings. The molecule has 0 radical (unpaired) electrons. The van der Waals surface area contributed by atoms with E-state index in [2.05, 4.69) is 54.9 Å². The molecule has 2 unspecified atom stereocenters. The van der Waals surface area contributed by atoms with Crippen LogP contribution in [0.15, 0.2) is 6.33 Å². The quantitative estimate of drug-likeness (QED) is 0.894. The fraction of sp³-hybridized carbons (Fsp3) is 0.867. The molecule has 20 heavy (non-hydrogen) atoms. The van der Waals surface area contributed by atoms with Crippen molar-refractivity contribution in [3.63, 3.8) is 0 Å². The van der Waals surface area contributed by atoms with E-state index in [0.29, 0.717) is 12.0 Å². The average molecular weight is 279 g/mol. The molecule has 0 aliphatic carbocycles. The van der Waals surface area contributed by atoms with Crippen molar-refractivity contribution < 1.29 is 0 Å². The van der Waals surface area contributed by atoms with Crippen molar-refractivity contribution in [1.29, 1.82) is 0 Å². The minimum absolute atomic E-state index is 0.168. The molecule has 5 nitrogen and oxygen atoms in total. The Hall–Kier alpha value is -0.940. The van der Waals surface area contributed by atoms with Crippen molar-refractivity contribution in [1.82, 2.24) is 25.0 Å². The zero-order valence-electron chi connectivity index (χ0n) is 13.6. The summed E-state index contributed by atoms with van der Waals surface area (Å²) < 4.78 is 2.00. The molecule has 114 valence electrons. The lowest BCUT2D eigenvalue weighted by Crippen LogP contribution is -2.62. The number of nitrogens with one attached hydrogen (secondary N) is 1. The summed E-state index contributed by atoms with van der Waals surface area (Å²) in [6, 6.07) is 0.579. The summed E-state index contributed by atoms with van der Waals surface area (Å²) in [6.45, 7) is 15.2. The number of hydrogen-bond donors (Lipinski definition) is 1. The van der Waals surface area contributed by atoms with Crippen molar-refractivity contribution >= 4 is 0 Å². The van der Waals surface area contributed by atoms with Crippen LogP contribution in [-0.2, 0) is 13.1 Å². The predicted octanol–water partition coefficient (Wildman–Crippen LogP) is 1.90. The Morgan fingerprint density at radius 2 is 2.20 bits per heavy atom. The Morgan fingerprint density at radius 3 is 2.85 bits per heavy atom. The van der Waals surface area contributed by atoms with E-state index in [4.69, 9.17) is 0 Å². The van der Waals surface area contributed by atoms with Gasteiger partial charge in [-0.05, 0) is 26.7 Å². The topological polar surface area (TPSA) is 46.0 Å². The highest BCUT2D eigenvalue weighted by Gasteiger charge is 2.35. The number of hydrogen-bond acceptors (Lipinski definition) is 4. The molecule has 5 heteroatoms. The lowest BCUT2D eigenvalue weighted by atomic mass is 9.91. The third kappa shape index (κ3) is 3.38. The highest BCUT2D eigenvalue weighted by Crippen LogP contribution is 2.23. The van der Waals surface area contributed by atoms with E-state index in [-0.39, 0.29) is 5.54 Å². The van der Waals surface area contributed by atoms with Gasteiger partial charge in [-0.1, -0.05) is 20.3 Å². The number of aromatic nitrogens is 3. The number of nitrogens with zero attached hydrogens (tertiary/aromatic N) is 4. The van der Waals surface area contributed by atoms with E-state index >= 15 is 0 Å². The number of rotatable bonds is 5. The van der Waals surface area contributed by atoms with Crippen LogP contribution in [0.3, 0.4) is 0 Å². The summed E-state index contributed by atoms with van der Waals surface area (Å²) in [5.41, 5.74) is 0.168. The molecular weight excluding hydrogens is 250 g/mol. The molecule has 0 amide bonds. The molecule has 1 aliphatic rings. The van der Waals surface area contributed by atoms with Crippen LogP contribution in [0.5, 0.6) is 0 Å². The van der Waals surface area contributed by atoms with Gasteiger partial charge >= 0.3 is 0 Å². The molecule has 0 spiro atoms. The summed E-state index contributed by atoms with van der Waals surface area (Å²) in [7, 11) is 0. The van der Waals surface area contributed by atoms with Gasteiger partial charge < -0.3 is 5.32 Å². The monoisotopic (exact) mass is 279 g/mol. The number of piperazine rings is 1. The van der Waals surface area contributed by atoms with E-state index < -0.39 is 0 Å². The van der Waals surface area contributed by atoms with Gasteiger partial charge in [0.15, 0.2) is 0 Å². The largest absolute Gasteiger partial charge is 0.309 e. The van der Waals surface area contributed by atoms with E-state index in [1.165, 1.54) is 6.42 Å². The molecule has 0 bridgehead atoms. The predicted molar refractivity (Wildman–Crippen MR) is 81.4 cm³/mol. The Balaban J connectivity index is 2.15. The van der Waals surface area contributed by atoms with Crippen LogP contribution in [0.25, 0.3) is 0 Å². The molecule has 2 atom stereocenters. The second-order valence-electron chi connectivity index (χ2n) is 6.61. The molecule has 1 N–H and O–H groups in total. The first-order valence-corrected chi connectivity index (χ1v) is 7.82. The van der Waals surface area contributed by atoms with Crippen LogP contribution in [0, 0.1) is 5.92 Å². The maximum Gasteiger partial charge on any atom is 0.141 e. The molecule has 1 saturated heterocycles. The van der Waals surface area contributed by atoms with Crippen LogP contribution in [0.4, 0.5) is 0 Å². The van der Waals surface area contributed by atoms with Crippen LogP contribution in [0.1, 0.15) is 46.9 Å². The van der Waals surface area contributed by atoms with E-state index in [1.807, 2.05) is 4.68 Å². The van der Waals surface area contributed by atoms with E-state index in [0.717, 1.165) is 32.0 Å². The maximum atomic E-state index is 4.44. The molecule has 0 aromatic carbocycles. The smallest absolute Gasteiger partial charge is 0.141 e. The number of aryl methyl sites for hydroxylation is 1. The summed E-state index contributed by atoms with van der Waals surface area (Å²) in [5.74, 6) is 1.77. The summed E-state index contributed by atoms with van der Waals surface area (Å²) >= 11 is 0. The van der Waals surface area contributed by atoms with Gasteiger partial charge in [-0.25, -0.2) is 9.67 Å². The molecule has 1 aromatic rings. The normalized spacial score (nSPS) is 24.8. The highest BCUT2D eigenvalue weighted by molar-refractivity contribution is 4.96. The minimum Gasteiger partial charge on any atom is -0.309 e. The Labute approximate surface area is 122 Å². The van der Waals surface area contributed by atoms with Gasteiger partial charge in [0.2, 0.25) is 0 Å². The van der Waals surface area contributed by atoms with Crippen molar-refractivity contribution in [3.8, 4) is 0 Å². The molecule has 0 saturated carbocycles. The van der Waals surface area contributed by atoms with Crippen molar-refractivity contribution in [2.24, 2.45) is 5.92 Å². The van der Waals surface area contributed by atoms with Crippen LogP contribution in [0.2, 0.25) is 0 Å². The second-order valence-corrected chi connectivity index (χ2v) is 6.61. The van der Waals surface area contributed by atoms with Crippen LogP contribution in [-0.4, -0.2) is 44.3 Å². The fourth-order valence-corrected chi connectivity index (χ4v) is 3.05. The molecule has 2 rings (SSSR count). The first-order chi connectivity index (χ1) is 9.46. The Bertz CT molecular complexity index is 426. The van der Waals surface area contributed by atoms with Gasteiger partial charge in [0.1, 0.15) is 12.2 Å². The zero-order chi connectivity index (χ0) is 14.8. The van der Waals surface area contributed by atoms with Gasteiger partial charge in [-0.3, -0.25) is 4.90 Å². The Morgan fingerprint density at radius 1 is 1.45 bits per heavy atom. The van der Waals surface area contributed by atoms with Crippen LogP contribution < -0.4 is 5.32 Å². The lowest BCUT2D eigenvalue weighted by molar-refractivity contribution is 0.0539. The maximum absolute atomic E-state index is 4.44. The Kier molecular flexibility index (Phi) is 4.81. The van der Waals surface area contributed by atoms with Gasteiger partial charge in [-0.15, -0.1) is 0 Å². The highest BCUT2D eigenvalue weighted by atomic mass is 15.4. The first-order valence-electron chi connectivity index (χ1n) is 7.82. The van der Waals surface area contributed by atoms with Gasteiger partial charge in [0.05, 0.1) is 6.54 Å². The fourth-order valence-electron chi connectivity index (χ4n) is 3.05. The van der Waals surface area contributed by atoms with E-state index in [1.54, 1.807) is 6.33 Å². The van der Waals surface area contributed by atoms with Crippen molar-refractivity contribution in [3.05, 3.63) is 12.2 Å². The van der Waals surface area contributed by atoms with Gasteiger partial charge in [0.25, 0.3) is 0 Å². The summed E-state index contributed by atoms with van der Waals surface area (Å²) in [5, 5.41) is 7.97. The summed E-state index contributed by atoms with van der Waals surface area (Å²) in [6.07, 6.45) is 2.88. The first kappa shape index (κ1) is 15.4. The molecule has 1 aliphatic heterocycles. The third-order valence-corrected chi connectivity index (χ3v) is 4.50. The van der Waals surface area contributed by atoms with Crippen molar-refractivity contribution in [2.45, 2.75) is 65.7 Å².